The highest BCUT2D eigenvalue weighted by atomic mass is 35.5. The number of anilines is 1. The lowest BCUT2D eigenvalue weighted by atomic mass is 10.3. The summed E-state index contributed by atoms with van der Waals surface area (Å²) < 4.78 is 1.79. The van der Waals surface area contributed by atoms with Gasteiger partial charge in [-0.15, -0.1) is 10.2 Å². The van der Waals surface area contributed by atoms with E-state index in [4.69, 9.17) is 11.6 Å². The molecule has 0 aliphatic rings. The summed E-state index contributed by atoms with van der Waals surface area (Å²) >= 11 is 7.22. The second-order valence-electron chi connectivity index (χ2n) is 4.24. The zero-order valence-corrected chi connectivity index (χ0v) is 12.8. The number of aryl methyl sites for hydroxylation is 1. The van der Waals surface area contributed by atoms with Gasteiger partial charge in [0.25, 0.3) is 0 Å². The summed E-state index contributed by atoms with van der Waals surface area (Å²) in [6.45, 7) is 1.97. The second-order valence-corrected chi connectivity index (χ2v) is 5.84. The number of hydrogen-bond donors (Lipinski definition) is 1. The molecule has 0 fully saturated rings. The molecule has 1 aromatic carbocycles. The summed E-state index contributed by atoms with van der Waals surface area (Å²) in [6.07, 6.45) is 2.32. The molecule has 1 atom stereocenters. The van der Waals surface area contributed by atoms with Crippen LogP contribution in [-0.2, 0) is 11.8 Å². The minimum absolute atomic E-state index is 0.0529. The van der Waals surface area contributed by atoms with E-state index in [0.29, 0.717) is 11.4 Å². The Morgan fingerprint density at radius 2 is 2.15 bits per heavy atom. The smallest absolute Gasteiger partial charge is 0.237 e. The maximum atomic E-state index is 12.2. The fraction of sp³-hybridized carbons (Fsp3) is 0.308. The molecule has 1 N–H and O–H groups in total. The molecule has 2 rings (SSSR count). The van der Waals surface area contributed by atoms with Crippen molar-refractivity contribution in [1.29, 1.82) is 0 Å². The van der Waals surface area contributed by atoms with Crippen LogP contribution >= 0.6 is 23.4 Å². The van der Waals surface area contributed by atoms with Crippen molar-refractivity contribution in [2.45, 2.75) is 23.8 Å². The first-order valence-corrected chi connectivity index (χ1v) is 7.43. The van der Waals surface area contributed by atoms with Crippen molar-refractivity contribution < 1.29 is 4.79 Å². The maximum Gasteiger partial charge on any atom is 0.237 e. The predicted octanol–water partition coefficient (Wildman–Crippen LogP) is 2.98. The highest BCUT2D eigenvalue weighted by molar-refractivity contribution is 8.00. The van der Waals surface area contributed by atoms with Crippen LogP contribution < -0.4 is 5.32 Å². The molecule has 0 radical (unpaired) electrons. The number of aromatic nitrogens is 3. The maximum absolute atomic E-state index is 12.2. The van der Waals surface area contributed by atoms with Gasteiger partial charge >= 0.3 is 0 Å². The summed E-state index contributed by atoms with van der Waals surface area (Å²) in [5.41, 5.74) is 0.733. The molecule has 0 saturated carbocycles. The molecule has 1 aromatic heterocycles. The molecule has 1 unspecified atom stereocenters. The third-order valence-electron chi connectivity index (χ3n) is 2.69. The molecule has 0 spiro atoms. The predicted molar refractivity (Wildman–Crippen MR) is 81.0 cm³/mol. The van der Waals surface area contributed by atoms with Gasteiger partial charge in [0, 0.05) is 17.8 Å². The largest absolute Gasteiger partial charge is 0.325 e. The SMILES string of the molecule is CCC(Sc1nncn1C)C(=O)Nc1ccc(Cl)cc1. The van der Waals surface area contributed by atoms with E-state index in [2.05, 4.69) is 15.5 Å². The molecule has 2 aromatic rings. The lowest BCUT2D eigenvalue weighted by molar-refractivity contribution is -0.115. The number of thioether (sulfide) groups is 1. The van der Waals surface area contributed by atoms with Crippen LogP contribution in [0.3, 0.4) is 0 Å². The van der Waals surface area contributed by atoms with Gasteiger partial charge in [-0.1, -0.05) is 30.3 Å². The van der Waals surface area contributed by atoms with Crippen molar-refractivity contribution >= 4 is 35.0 Å². The lowest BCUT2D eigenvalue weighted by Crippen LogP contribution is -2.24. The highest BCUT2D eigenvalue weighted by Crippen LogP contribution is 2.24. The van der Waals surface area contributed by atoms with Crippen LogP contribution in [0, 0.1) is 0 Å². The van der Waals surface area contributed by atoms with E-state index in [0.717, 1.165) is 10.8 Å². The van der Waals surface area contributed by atoms with Crippen LogP contribution in [0.25, 0.3) is 0 Å². The van der Waals surface area contributed by atoms with Gasteiger partial charge in [-0.2, -0.15) is 0 Å². The standard InChI is InChI=1S/C13H15ClN4OS/c1-3-11(20-13-17-15-8-18(13)2)12(19)16-10-6-4-9(14)5-7-10/h4-8,11H,3H2,1-2H3,(H,16,19). The first-order chi connectivity index (χ1) is 9.60. The third-order valence-corrected chi connectivity index (χ3v) is 4.36. The van der Waals surface area contributed by atoms with Gasteiger partial charge in [-0.25, -0.2) is 0 Å². The fourth-order valence-electron chi connectivity index (χ4n) is 1.58. The Hall–Kier alpha value is -1.53. The van der Waals surface area contributed by atoms with Crippen molar-refractivity contribution in [2.75, 3.05) is 5.32 Å². The summed E-state index contributed by atoms with van der Waals surface area (Å²) in [7, 11) is 1.85. The van der Waals surface area contributed by atoms with Crippen LogP contribution in [0.4, 0.5) is 5.69 Å². The average molecular weight is 311 g/mol. The Bertz CT molecular complexity index is 584. The van der Waals surface area contributed by atoms with Gasteiger partial charge in [-0.3, -0.25) is 4.79 Å². The number of rotatable bonds is 5. The number of carbonyl (C=O) groups excluding carboxylic acids is 1. The number of carbonyl (C=O) groups is 1. The Kier molecular flexibility index (Phi) is 5.03. The minimum Gasteiger partial charge on any atom is -0.325 e. The number of nitrogens with one attached hydrogen (secondary N) is 1. The number of hydrogen-bond acceptors (Lipinski definition) is 4. The molecule has 7 heteroatoms. The molecule has 0 bridgehead atoms. The van der Waals surface area contributed by atoms with Crippen LogP contribution in [0.5, 0.6) is 0 Å². The molecule has 5 nitrogen and oxygen atoms in total. The quantitative estimate of drug-likeness (QED) is 0.863. The molecule has 1 heterocycles. The molecule has 0 aliphatic heterocycles. The first-order valence-electron chi connectivity index (χ1n) is 6.17. The summed E-state index contributed by atoms with van der Waals surface area (Å²) in [5, 5.41) is 11.8. The molecule has 0 aliphatic carbocycles. The van der Waals surface area contributed by atoms with Gasteiger partial charge < -0.3 is 9.88 Å². The second kappa shape index (κ2) is 6.76. The van der Waals surface area contributed by atoms with Gasteiger partial charge in [0.15, 0.2) is 5.16 Å². The van der Waals surface area contributed by atoms with E-state index in [1.807, 2.05) is 14.0 Å². The number of nitrogens with zero attached hydrogens (tertiary/aromatic N) is 3. The van der Waals surface area contributed by atoms with Crippen LogP contribution in [0.15, 0.2) is 35.7 Å². The van der Waals surface area contributed by atoms with E-state index >= 15 is 0 Å². The summed E-state index contributed by atoms with van der Waals surface area (Å²) in [6, 6.07) is 7.04. The molecular weight excluding hydrogens is 296 g/mol. The first kappa shape index (κ1) is 14.9. The number of halogens is 1. The number of amides is 1. The Balaban J connectivity index is 2.02. The molecule has 1 amide bonds. The van der Waals surface area contributed by atoms with E-state index in [1.165, 1.54) is 11.8 Å². The molecular formula is C13H15ClN4OS. The van der Waals surface area contributed by atoms with Crippen LogP contribution in [0.2, 0.25) is 5.02 Å². The zero-order chi connectivity index (χ0) is 14.5. The van der Waals surface area contributed by atoms with E-state index in [9.17, 15) is 4.79 Å². The lowest BCUT2D eigenvalue weighted by Gasteiger charge is -2.14. The van der Waals surface area contributed by atoms with Crippen molar-refractivity contribution in [3.63, 3.8) is 0 Å². The molecule has 106 valence electrons. The van der Waals surface area contributed by atoms with Gasteiger partial charge in [0.05, 0.1) is 5.25 Å². The van der Waals surface area contributed by atoms with E-state index in [-0.39, 0.29) is 11.2 Å². The van der Waals surface area contributed by atoms with Crippen LogP contribution in [-0.4, -0.2) is 25.9 Å². The Labute approximate surface area is 126 Å². The highest BCUT2D eigenvalue weighted by Gasteiger charge is 2.20. The Morgan fingerprint density at radius 3 is 2.70 bits per heavy atom. The number of benzene rings is 1. The summed E-state index contributed by atoms with van der Waals surface area (Å²) in [5.74, 6) is -0.0529. The molecule has 0 saturated heterocycles. The monoisotopic (exact) mass is 310 g/mol. The topological polar surface area (TPSA) is 59.8 Å². The van der Waals surface area contributed by atoms with Crippen molar-refractivity contribution in [3.8, 4) is 0 Å². The third kappa shape index (κ3) is 3.74. The summed E-state index contributed by atoms with van der Waals surface area (Å²) in [4.78, 5) is 12.2. The van der Waals surface area contributed by atoms with Gasteiger partial charge in [-0.05, 0) is 30.7 Å². The van der Waals surface area contributed by atoms with Crippen molar-refractivity contribution in [1.82, 2.24) is 14.8 Å². The van der Waals surface area contributed by atoms with E-state index < -0.39 is 0 Å². The van der Waals surface area contributed by atoms with E-state index in [1.54, 1.807) is 35.2 Å². The average Bonchev–Trinajstić information content (AvgIpc) is 2.84. The zero-order valence-electron chi connectivity index (χ0n) is 11.2. The normalized spacial score (nSPS) is 12.2. The van der Waals surface area contributed by atoms with Gasteiger partial charge in [0.2, 0.25) is 5.91 Å². The minimum atomic E-state index is -0.214. The van der Waals surface area contributed by atoms with Crippen molar-refractivity contribution in [2.24, 2.45) is 7.05 Å². The van der Waals surface area contributed by atoms with Crippen molar-refractivity contribution in [3.05, 3.63) is 35.6 Å². The van der Waals surface area contributed by atoms with Gasteiger partial charge in [0.1, 0.15) is 6.33 Å². The van der Waals surface area contributed by atoms with Crippen LogP contribution in [0.1, 0.15) is 13.3 Å². The fourth-order valence-corrected chi connectivity index (χ4v) is 2.61. The Morgan fingerprint density at radius 1 is 1.45 bits per heavy atom. The molecule has 20 heavy (non-hydrogen) atoms.